The molecule has 1 radical (unpaired) electrons. The molecule has 0 aliphatic rings. The molecule has 0 aliphatic heterocycles. The fourth-order valence-electron chi connectivity index (χ4n) is 0. The molecule has 0 amide bonds. The Balaban J connectivity index is 2.85. The molecular formula is C2H6BN2. The summed E-state index contributed by atoms with van der Waals surface area (Å²) in [6.45, 7) is 0.278. The van der Waals surface area contributed by atoms with Gasteiger partial charge in [0.15, 0.2) is 0 Å². The van der Waals surface area contributed by atoms with Gasteiger partial charge in [-0.15, -0.1) is 0 Å². The Kier molecular flexibility index (Phi) is 1.85. The van der Waals surface area contributed by atoms with E-state index in [0.717, 1.165) is 0 Å². The van der Waals surface area contributed by atoms with E-state index in [2.05, 4.69) is 0 Å². The first-order chi connectivity index (χ1) is 2.27. The van der Waals surface area contributed by atoms with Crippen molar-refractivity contribution in [3.8, 4) is 0 Å². The van der Waals surface area contributed by atoms with Gasteiger partial charge in [-0.05, 0) is 0 Å². The molecule has 0 atom stereocenters. The third-order valence-corrected chi connectivity index (χ3v) is 0.236. The van der Waals surface area contributed by atoms with Gasteiger partial charge < -0.3 is 0 Å². The number of rotatable bonds is 1. The van der Waals surface area contributed by atoms with Crippen molar-refractivity contribution in [3.05, 3.63) is 0 Å². The van der Waals surface area contributed by atoms with Gasteiger partial charge in [0.25, 0.3) is 0 Å². The van der Waals surface area contributed by atoms with E-state index in [-0.39, 0.29) is 12.1 Å². The monoisotopic (exact) mass is 69.1 g/mol. The fourth-order valence-corrected chi connectivity index (χ4v) is 0. The number of hydrogen-bond donors (Lipinski definition) is 2. The average molecular weight is 68.9 g/mol. The summed E-state index contributed by atoms with van der Waals surface area (Å²) >= 11 is 0. The Hall–Kier alpha value is -0.305. The zero-order valence-corrected chi connectivity index (χ0v) is 2.94. The van der Waals surface area contributed by atoms with E-state index in [1.165, 1.54) is 0 Å². The van der Waals surface area contributed by atoms with E-state index in [0.29, 0.717) is 0 Å². The van der Waals surface area contributed by atoms with Crippen molar-refractivity contribution >= 4 is 13.1 Å². The number of hydrogen-bond acceptors (Lipinski definition) is 2. The van der Waals surface area contributed by atoms with Gasteiger partial charge in [0.1, 0.15) is 0 Å². The van der Waals surface area contributed by atoms with Crippen molar-refractivity contribution in [2.45, 2.75) is 0 Å². The maximum absolute atomic E-state index is 4.88. The molecule has 3 heteroatoms. The minimum atomic E-state index is 0.278. The second-order valence-corrected chi connectivity index (χ2v) is 0.779. The molecule has 0 spiro atoms. The minimum absolute atomic E-state index is 0.278. The van der Waals surface area contributed by atoms with E-state index in [4.69, 9.17) is 19.0 Å². The summed E-state index contributed by atoms with van der Waals surface area (Å²) in [5, 5.41) is 0. The quantitative estimate of drug-likeness (QED) is 0.357. The molecule has 0 heterocycles. The molecule has 0 aromatic heterocycles. The summed E-state index contributed by atoms with van der Waals surface area (Å²) in [7, 11) is 4.86. The van der Waals surface area contributed by atoms with Crippen LogP contribution in [-0.4, -0.2) is 19.6 Å². The molecule has 0 saturated carbocycles. The van der Waals surface area contributed by atoms with Gasteiger partial charge in [-0.2, -0.15) is 0 Å². The van der Waals surface area contributed by atoms with Gasteiger partial charge in [-0.3, -0.25) is 0 Å². The van der Waals surface area contributed by atoms with Crippen molar-refractivity contribution in [2.24, 2.45) is 11.5 Å². The van der Waals surface area contributed by atoms with Crippen LogP contribution in [0.5, 0.6) is 0 Å². The molecule has 0 saturated heterocycles. The molecule has 0 aromatic rings. The van der Waals surface area contributed by atoms with Crippen LogP contribution in [0.25, 0.3) is 0 Å². The average Bonchev–Trinajstić information content (AvgIpc) is 1.38. The molecule has 4 N–H and O–H groups in total. The fraction of sp³-hybridized carbons (Fsp3) is 0.500. The van der Waals surface area contributed by atoms with E-state index in [1.807, 2.05) is 0 Å². The van der Waals surface area contributed by atoms with E-state index >= 15 is 0 Å². The Morgan fingerprint density at radius 2 is 2.00 bits per heavy atom. The molecule has 0 rings (SSSR count). The normalized spacial score (nSPS) is 7.20. The molecule has 0 aliphatic carbocycles. The second-order valence-electron chi connectivity index (χ2n) is 0.779. The van der Waals surface area contributed by atoms with Crippen LogP contribution in [0.1, 0.15) is 0 Å². The third kappa shape index (κ3) is 3.69. The summed E-state index contributed by atoms with van der Waals surface area (Å²) in [5.74, 6) is 0. The second kappa shape index (κ2) is 1.97. The third-order valence-electron chi connectivity index (χ3n) is 0.236. The van der Waals surface area contributed by atoms with Crippen molar-refractivity contribution in [3.63, 3.8) is 0 Å². The van der Waals surface area contributed by atoms with Crippen LogP contribution in [0.3, 0.4) is 0 Å². The van der Waals surface area contributed by atoms with Gasteiger partial charge in [-0.25, -0.2) is 0 Å². The summed E-state index contributed by atoms with van der Waals surface area (Å²) in [4.78, 5) is 0. The first kappa shape index (κ1) is 4.69. The van der Waals surface area contributed by atoms with Crippen molar-refractivity contribution in [1.82, 2.24) is 0 Å². The molecule has 0 aromatic carbocycles. The van der Waals surface area contributed by atoms with E-state index < -0.39 is 0 Å². The van der Waals surface area contributed by atoms with Crippen LogP contribution in [0, 0.1) is 0 Å². The van der Waals surface area contributed by atoms with Crippen LogP contribution in [-0.2, 0) is 0 Å². The topological polar surface area (TPSA) is 52.0 Å². The zero-order valence-electron chi connectivity index (χ0n) is 2.94. The van der Waals surface area contributed by atoms with E-state index in [9.17, 15) is 0 Å². The molecule has 0 bridgehead atoms. The summed E-state index contributed by atoms with van der Waals surface area (Å²) < 4.78 is 0. The van der Waals surface area contributed by atoms with Crippen molar-refractivity contribution < 1.29 is 0 Å². The van der Waals surface area contributed by atoms with Crippen LogP contribution in [0.2, 0.25) is 0 Å². The van der Waals surface area contributed by atoms with Crippen LogP contribution in [0.4, 0.5) is 0 Å². The van der Waals surface area contributed by atoms with Crippen molar-refractivity contribution in [2.75, 3.05) is 6.54 Å². The molecule has 5 heavy (non-hydrogen) atoms. The predicted octanol–water partition coefficient (Wildman–Crippen LogP) is -1.80. The van der Waals surface area contributed by atoms with Crippen LogP contribution >= 0.6 is 0 Å². The van der Waals surface area contributed by atoms with Crippen LogP contribution < -0.4 is 11.5 Å². The Labute approximate surface area is 32.2 Å². The molecule has 27 valence electrons. The Bertz CT molecular complexity index is 42.9. The van der Waals surface area contributed by atoms with Gasteiger partial charge >= 0.3 is 31.1 Å². The summed E-state index contributed by atoms with van der Waals surface area (Å²) in [6.07, 6.45) is 0. The maximum atomic E-state index is 4.88. The molecule has 0 unspecified atom stereocenters. The summed E-state index contributed by atoms with van der Waals surface area (Å²) in [5.41, 5.74) is 10.0. The predicted molar refractivity (Wildman–Crippen MR) is 24.0 cm³/mol. The van der Waals surface area contributed by atoms with Crippen LogP contribution in [0.15, 0.2) is 0 Å². The standard InChI is InChI=1S/C2H6BN2/c3-2(5)1-4/h1,4-5H2. The first-order valence-corrected chi connectivity index (χ1v) is 1.34. The molecule has 2 nitrogen and oxygen atoms in total. The van der Waals surface area contributed by atoms with Gasteiger partial charge in [-0.1, -0.05) is 0 Å². The number of nitrogens with two attached hydrogens (primary N) is 2. The summed E-state index contributed by atoms with van der Waals surface area (Å²) in [6, 6.07) is 0. The SMILES string of the molecule is [B]=C(N)CN. The Morgan fingerprint density at radius 3 is 2.00 bits per heavy atom. The Morgan fingerprint density at radius 1 is 1.80 bits per heavy atom. The van der Waals surface area contributed by atoms with Gasteiger partial charge in [0.05, 0.1) is 0 Å². The van der Waals surface area contributed by atoms with E-state index in [1.54, 1.807) is 0 Å². The van der Waals surface area contributed by atoms with Crippen molar-refractivity contribution in [1.29, 1.82) is 0 Å². The zero-order chi connectivity index (χ0) is 4.28. The molecular weight excluding hydrogens is 62.8 g/mol. The molecule has 0 fully saturated rings. The first-order valence-electron chi connectivity index (χ1n) is 1.34. The van der Waals surface area contributed by atoms with Gasteiger partial charge in [0.2, 0.25) is 0 Å². The van der Waals surface area contributed by atoms with Gasteiger partial charge in [0, 0.05) is 0 Å².